The highest BCUT2D eigenvalue weighted by Crippen LogP contribution is 2.45. The summed E-state index contributed by atoms with van der Waals surface area (Å²) in [6, 6.07) is 0. The molecule has 0 aromatic rings. The zero-order chi connectivity index (χ0) is 69.6. The van der Waals surface area contributed by atoms with Crippen LogP contribution in [0, 0.1) is 23.7 Å². The molecule has 0 radical (unpaired) electrons. The van der Waals surface area contributed by atoms with Crippen molar-refractivity contribution in [3.8, 4) is 0 Å². The molecule has 17 nitrogen and oxygen atoms in total. The third-order valence-corrected chi connectivity index (χ3v) is 19.6. The van der Waals surface area contributed by atoms with Crippen LogP contribution in [0.5, 0.6) is 0 Å². The molecular weight excluding hydrogens is 1230 g/mol. The molecule has 0 heterocycles. The van der Waals surface area contributed by atoms with Gasteiger partial charge in [-0.2, -0.15) is 0 Å². The summed E-state index contributed by atoms with van der Waals surface area (Å²) in [4.78, 5) is 72.7. The van der Waals surface area contributed by atoms with Gasteiger partial charge in [0.15, 0.2) is 12.2 Å². The van der Waals surface area contributed by atoms with Crippen molar-refractivity contribution in [3.63, 3.8) is 0 Å². The van der Waals surface area contributed by atoms with Crippen molar-refractivity contribution in [2.75, 3.05) is 39.6 Å². The van der Waals surface area contributed by atoms with Crippen LogP contribution in [0.3, 0.4) is 0 Å². The van der Waals surface area contributed by atoms with E-state index in [1.165, 1.54) is 180 Å². The van der Waals surface area contributed by atoms with E-state index in [-0.39, 0.29) is 25.7 Å². The molecule has 0 spiro atoms. The van der Waals surface area contributed by atoms with E-state index >= 15 is 0 Å². The highest BCUT2D eigenvalue weighted by molar-refractivity contribution is 7.47. The molecule has 0 amide bonds. The first-order chi connectivity index (χ1) is 45.1. The average Bonchev–Trinajstić information content (AvgIpc) is 3.60. The van der Waals surface area contributed by atoms with E-state index in [1.54, 1.807) is 0 Å². The minimum Gasteiger partial charge on any atom is -0.462 e. The minimum atomic E-state index is -4.96. The maximum Gasteiger partial charge on any atom is 0.472 e. The molecule has 0 aliphatic carbocycles. The van der Waals surface area contributed by atoms with Crippen LogP contribution in [-0.2, 0) is 65.4 Å². The van der Waals surface area contributed by atoms with E-state index in [0.29, 0.717) is 31.6 Å². The smallest absolute Gasteiger partial charge is 0.462 e. The molecule has 3 N–H and O–H groups in total. The number of hydrogen-bond donors (Lipinski definition) is 3. The summed E-state index contributed by atoms with van der Waals surface area (Å²) in [5.41, 5.74) is 0. The Hall–Kier alpha value is -1.94. The van der Waals surface area contributed by atoms with Crippen LogP contribution in [0.2, 0.25) is 0 Å². The molecule has 19 heteroatoms. The highest BCUT2D eigenvalue weighted by Gasteiger charge is 2.30. The zero-order valence-electron chi connectivity index (χ0n) is 61.6. The van der Waals surface area contributed by atoms with Crippen LogP contribution < -0.4 is 0 Å². The Morgan fingerprint density at radius 1 is 0.298 bits per heavy atom. The predicted octanol–water partition coefficient (Wildman–Crippen LogP) is 21.7. The van der Waals surface area contributed by atoms with Crippen LogP contribution >= 0.6 is 15.6 Å². The van der Waals surface area contributed by atoms with Crippen molar-refractivity contribution in [1.29, 1.82) is 0 Å². The molecule has 4 unspecified atom stereocenters. The van der Waals surface area contributed by atoms with Gasteiger partial charge in [-0.1, -0.05) is 325 Å². The van der Waals surface area contributed by atoms with Crippen LogP contribution in [0.25, 0.3) is 0 Å². The number of aliphatic hydroxyl groups is 1. The second-order valence-corrected chi connectivity index (χ2v) is 31.6. The van der Waals surface area contributed by atoms with Gasteiger partial charge in [-0.15, -0.1) is 0 Å². The first kappa shape index (κ1) is 92.1. The Kier molecular flexibility index (Phi) is 63.1. The number of rotatable bonds is 72. The van der Waals surface area contributed by atoms with Crippen molar-refractivity contribution in [1.82, 2.24) is 0 Å². The molecule has 558 valence electrons. The maximum atomic E-state index is 13.1. The van der Waals surface area contributed by atoms with Gasteiger partial charge in [0.1, 0.15) is 19.3 Å². The molecule has 0 saturated heterocycles. The fraction of sp³-hybridized carbons (Fsp3) is 0.947. The van der Waals surface area contributed by atoms with Gasteiger partial charge in [-0.05, 0) is 49.4 Å². The van der Waals surface area contributed by atoms with Crippen LogP contribution in [0.4, 0.5) is 0 Å². The fourth-order valence-corrected chi connectivity index (χ4v) is 12.9. The molecule has 0 bridgehead atoms. The molecule has 0 aromatic carbocycles. The van der Waals surface area contributed by atoms with Gasteiger partial charge in [0, 0.05) is 25.7 Å². The highest BCUT2D eigenvalue weighted by atomic mass is 31.2. The standard InChI is InChI=1S/C75H146O17P2/c1-9-68(8)54-46-38-29-22-18-14-10-11-15-20-24-32-41-49-57-74(79)91-70(61-85-72(77)55-47-39-30-23-19-16-12-13-17-21-27-35-43-51-65(2)3)63-89-93(81,82)87-59-69(76)60-88-94(83,84)90-64-71(92-75(80)58-50-42-34-33-37-45-53-67(6)7)62-86-73(78)56-48-40-31-26-25-28-36-44-52-66(4)5/h65-71,76H,9-64H2,1-8H3,(H,81,82)(H,83,84)/t68?,69?,70-,71-/m1/s1. The SMILES string of the molecule is CCC(C)CCCCCCCCCCCCCCCCC(=O)O[C@H](COC(=O)CCCCCCCCCCCCCCCC(C)C)COP(=O)(O)OCC(O)COP(=O)(O)OC[C@@H](COC(=O)CCCCCCCCCCC(C)C)OC(=O)CCCCCCCCC(C)C. The van der Waals surface area contributed by atoms with Gasteiger partial charge < -0.3 is 33.8 Å². The lowest BCUT2D eigenvalue weighted by molar-refractivity contribution is -0.161. The van der Waals surface area contributed by atoms with Gasteiger partial charge in [0.25, 0.3) is 0 Å². The van der Waals surface area contributed by atoms with Crippen LogP contribution in [0.1, 0.15) is 376 Å². The van der Waals surface area contributed by atoms with E-state index in [1.807, 2.05) is 0 Å². The van der Waals surface area contributed by atoms with E-state index < -0.39 is 97.5 Å². The molecule has 6 atom stereocenters. The van der Waals surface area contributed by atoms with E-state index in [0.717, 1.165) is 108 Å². The lowest BCUT2D eigenvalue weighted by Gasteiger charge is -2.21. The Morgan fingerprint density at radius 3 is 0.755 bits per heavy atom. The molecule has 0 saturated carbocycles. The number of ether oxygens (including phenoxy) is 4. The summed E-state index contributed by atoms with van der Waals surface area (Å²) < 4.78 is 68.4. The molecule has 94 heavy (non-hydrogen) atoms. The number of unbranched alkanes of at least 4 members (excludes halogenated alkanes) is 37. The summed E-state index contributed by atoms with van der Waals surface area (Å²) >= 11 is 0. The van der Waals surface area contributed by atoms with Crippen molar-refractivity contribution in [2.45, 2.75) is 395 Å². The van der Waals surface area contributed by atoms with Gasteiger partial charge >= 0.3 is 39.5 Å². The molecular formula is C75H146O17P2. The summed E-state index contributed by atoms with van der Waals surface area (Å²) in [5, 5.41) is 10.6. The first-order valence-electron chi connectivity index (χ1n) is 38.7. The van der Waals surface area contributed by atoms with Crippen molar-refractivity contribution < 1.29 is 80.2 Å². The zero-order valence-corrected chi connectivity index (χ0v) is 63.4. The van der Waals surface area contributed by atoms with Gasteiger partial charge in [0.2, 0.25) is 0 Å². The minimum absolute atomic E-state index is 0.101. The number of carbonyl (C=O) groups is 4. The number of phosphoric ester groups is 2. The molecule has 0 fully saturated rings. The largest absolute Gasteiger partial charge is 0.472 e. The van der Waals surface area contributed by atoms with E-state index in [2.05, 4.69) is 55.4 Å². The lowest BCUT2D eigenvalue weighted by Crippen LogP contribution is -2.30. The Morgan fingerprint density at radius 2 is 0.511 bits per heavy atom. The quantitative estimate of drug-likeness (QED) is 0.0222. The Balaban J connectivity index is 5.23. The fourth-order valence-electron chi connectivity index (χ4n) is 11.3. The van der Waals surface area contributed by atoms with E-state index in [9.17, 15) is 43.2 Å². The number of aliphatic hydroxyl groups excluding tert-OH is 1. The molecule has 0 aromatic heterocycles. The topological polar surface area (TPSA) is 237 Å². The molecule has 0 aliphatic heterocycles. The predicted molar refractivity (Wildman–Crippen MR) is 381 cm³/mol. The number of esters is 4. The van der Waals surface area contributed by atoms with Gasteiger partial charge in [-0.3, -0.25) is 37.3 Å². The van der Waals surface area contributed by atoms with Gasteiger partial charge in [0.05, 0.1) is 26.4 Å². The summed E-state index contributed by atoms with van der Waals surface area (Å²) in [5.74, 6) is 0.906. The second-order valence-electron chi connectivity index (χ2n) is 28.7. The normalized spacial score (nSPS) is 14.4. The Labute approximate surface area is 575 Å². The molecule has 0 rings (SSSR count). The summed E-state index contributed by atoms with van der Waals surface area (Å²) in [6.07, 6.45) is 48.8. The summed E-state index contributed by atoms with van der Waals surface area (Å²) in [7, 11) is -9.91. The number of phosphoric acid groups is 2. The maximum absolute atomic E-state index is 13.1. The van der Waals surface area contributed by atoms with Crippen molar-refractivity contribution >= 4 is 39.5 Å². The third kappa shape index (κ3) is 67.3. The van der Waals surface area contributed by atoms with Gasteiger partial charge in [-0.25, -0.2) is 9.13 Å². The number of carbonyl (C=O) groups excluding carboxylic acids is 4. The monoisotopic (exact) mass is 1380 g/mol. The summed E-state index contributed by atoms with van der Waals surface area (Å²) in [6.45, 7) is 14.1. The second kappa shape index (κ2) is 64.4. The van der Waals surface area contributed by atoms with Crippen molar-refractivity contribution in [2.24, 2.45) is 23.7 Å². The lowest BCUT2D eigenvalue weighted by atomic mass is 9.99. The molecule has 0 aliphatic rings. The van der Waals surface area contributed by atoms with Crippen molar-refractivity contribution in [3.05, 3.63) is 0 Å². The van der Waals surface area contributed by atoms with Crippen LogP contribution in [-0.4, -0.2) is 96.7 Å². The van der Waals surface area contributed by atoms with Crippen LogP contribution in [0.15, 0.2) is 0 Å². The average molecular weight is 1380 g/mol. The Bertz CT molecular complexity index is 1850. The number of hydrogen-bond acceptors (Lipinski definition) is 15. The third-order valence-electron chi connectivity index (χ3n) is 17.7. The van der Waals surface area contributed by atoms with E-state index in [4.69, 9.17) is 37.0 Å². The first-order valence-corrected chi connectivity index (χ1v) is 41.7.